The smallest absolute Gasteiger partial charge is 0.0833 e. The van der Waals surface area contributed by atoms with Gasteiger partial charge >= 0.3 is 0 Å². The van der Waals surface area contributed by atoms with E-state index in [1.807, 2.05) is 13.8 Å². The van der Waals surface area contributed by atoms with Crippen molar-refractivity contribution in [1.29, 1.82) is 0 Å². The van der Waals surface area contributed by atoms with Crippen molar-refractivity contribution in [2.24, 2.45) is 5.92 Å². The molecule has 4 heteroatoms. The van der Waals surface area contributed by atoms with Crippen LogP contribution in [0.1, 0.15) is 40.5 Å². The van der Waals surface area contributed by atoms with E-state index in [1.165, 1.54) is 12.8 Å². The molecule has 0 fully saturated rings. The van der Waals surface area contributed by atoms with Crippen molar-refractivity contribution in [1.82, 2.24) is 0 Å². The summed E-state index contributed by atoms with van der Waals surface area (Å²) in [6.45, 7) is 9.69. The first-order valence-electron chi connectivity index (χ1n) is 5.26. The van der Waals surface area contributed by atoms with Gasteiger partial charge in [-0.1, -0.05) is 34.1 Å². The molecule has 3 atom stereocenters. The van der Waals surface area contributed by atoms with Gasteiger partial charge < -0.3 is 9.26 Å². The average molecular weight is 334 g/mol. The Labute approximate surface area is 104 Å². The number of halogens is 1. The zero-order chi connectivity index (χ0) is 11.4. The van der Waals surface area contributed by atoms with Gasteiger partial charge in [0.1, 0.15) is 0 Å². The monoisotopic (exact) mass is 334 g/mol. The second-order valence-electron chi connectivity index (χ2n) is 2.93. The van der Waals surface area contributed by atoms with Crippen LogP contribution in [0.25, 0.3) is 0 Å². The van der Waals surface area contributed by atoms with Crippen LogP contribution in [0, 0.1) is 5.92 Å². The Kier molecular flexibility index (Phi) is 17.6. The second kappa shape index (κ2) is 14.1. The Morgan fingerprint density at radius 2 is 1.93 bits per heavy atom. The van der Waals surface area contributed by atoms with E-state index >= 15 is 0 Å². The van der Waals surface area contributed by atoms with E-state index in [9.17, 15) is 0 Å². The van der Waals surface area contributed by atoms with E-state index in [2.05, 4.69) is 35.9 Å². The maximum absolute atomic E-state index is 5.34. The third-order valence-electron chi connectivity index (χ3n) is 1.98. The van der Waals surface area contributed by atoms with Crippen LogP contribution >= 0.6 is 28.5 Å². The van der Waals surface area contributed by atoms with Crippen molar-refractivity contribution in [2.75, 3.05) is 13.7 Å². The standard InChI is InChI=1S/C8H18IO2P.C2H6/c1-4-5-7(2)8(10-3)6-11-12-9;1-2/h7-8,12H,4-6H2,1-3H3;1-2H3. The van der Waals surface area contributed by atoms with Crippen LogP contribution in [0.15, 0.2) is 0 Å². The summed E-state index contributed by atoms with van der Waals surface area (Å²) in [5, 5.41) is 0. The molecule has 0 aliphatic carbocycles. The normalized spacial score (nSPS) is 15.0. The molecule has 2 nitrogen and oxygen atoms in total. The molecule has 0 N–H and O–H groups in total. The van der Waals surface area contributed by atoms with Crippen molar-refractivity contribution < 1.29 is 9.26 Å². The fourth-order valence-corrected chi connectivity index (χ4v) is 1.99. The molecule has 0 aliphatic heterocycles. The highest BCUT2D eigenvalue weighted by Gasteiger charge is 2.15. The molecule has 0 aromatic heterocycles. The summed E-state index contributed by atoms with van der Waals surface area (Å²) < 4.78 is 10.7. The number of hydrogen-bond acceptors (Lipinski definition) is 2. The van der Waals surface area contributed by atoms with E-state index in [-0.39, 0.29) is 6.10 Å². The van der Waals surface area contributed by atoms with Crippen LogP contribution in [-0.2, 0) is 9.26 Å². The van der Waals surface area contributed by atoms with Crippen LogP contribution in [0.4, 0.5) is 0 Å². The Morgan fingerprint density at radius 3 is 2.29 bits per heavy atom. The first-order chi connectivity index (χ1) is 6.76. The summed E-state index contributed by atoms with van der Waals surface area (Å²) in [5.41, 5.74) is 0. The number of rotatable bonds is 7. The molecule has 88 valence electrons. The largest absolute Gasteiger partial charge is 0.379 e. The molecule has 0 aliphatic rings. The van der Waals surface area contributed by atoms with Gasteiger partial charge in [0.2, 0.25) is 0 Å². The van der Waals surface area contributed by atoms with Crippen LogP contribution in [-0.4, -0.2) is 19.8 Å². The Morgan fingerprint density at radius 1 is 1.36 bits per heavy atom. The van der Waals surface area contributed by atoms with Crippen LogP contribution in [0.3, 0.4) is 0 Å². The molecule has 0 spiro atoms. The highest BCUT2D eigenvalue weighted by Crippen LogP contribution is 2.24. The fourth-order valence-electron chi connectivity index (χ4n) is 1.22. The van der Waals surface area contributed by atoms with Gasteiger partial charge in [0, 0.05) is 7.11 Å². The number of methoxy groups -OCH3 is 1. The summed E-state index contributed by atoms with van der Waals surface area (Å²) >= 11 is 2.23. The summed E-state index contributed by atoms with van der Waals surface area (Å²) in [7, 11) is 1.76. The third-order valence-corrected chi connectivity index (χ3v) is 3.19. The quantitative estimate of drug-likeness (QED) is 0.507. The Balaban J connectivity index is 0. The van der Waals surface area contributed by atoms with Crippen LogP contribution in [0.2, 0.25) is 0 Å². The van der Waals surface area contributed by atoms with Crippen molar-refractivity contribution in [2.45, 2.75) is 46.6 Å². The maximum atomic E-state index is 5.34. The van der Waals surface area contributed by atoms with Gasteiger partial charge in [-0.05, 0) is 34.4 Å². The summed E-state index contributed by atoms with van der Waals surface area (Å²) in [5.74, 6) is 0.604. The summed E-state index contributed by atoms with van der Waals surface area (Å²) in [4.78, 5) is 0. The molecule has 0 saturated carbocycles. The molecule has 0 saturated heterocycles. The molecule has 0 radical (unpaired) electrons. The lowest BCUT2D eigenvalue weighted by Gasteiger charge is -2.21. The van der Waals surface area contributed by atoms with E-state index in [0.29, 0.717) is 12.4 Å². The highest BCUT2D eigenvalue weighted by atomic mass is 127. The van der Waals surface area contributed by atoms with Gasteiger partial charge in [-0.2, -0.15) is 0 Å². The molecular weight excluding hydrogens is 310 g/mol. The molecule has 0 amide bonds. The predicted octanol–water partition coefficient (Wildman–Crippen LogP) is 4.42. The van der Waals surface area contributed by atoms with E-state index in [4.69, 9.17) is 9.26 Å². The zero-order valence-corrected chi connectivity index (χ0v) is 13.1. The van der Waals surface area contributed by atoms with Gasteiger partial charge in [-0.15, -0.1) is 0 Å². The Hall–Kier alpha value is 1.08. The molecule has 0 aromatic carbocycles. The molecule has 0 rings (SSSR count). The van der Waals surface area contributed by atoms with Crippen molar-refractivity contribution in [3.05, 3.63) is 0 Å². The molecule has 3 unspecified atom stereocenters. The predicted molar refractivity (Wildman–Crippen MR) is 74.5 cm³/mol. The lowest BCUT2D eigenvalue weighted by atomic mass is 10.00. The van der Waals surface area contributed by atoms with Crippen LogP contribution in [0.5, 0.6) is 0 Å². The topological polar surface area (TPSA) is 18.5 Å². The van der Waals surface area contributed by atoms with Crippen molar-refractivity contribution >= 4 is 28.5 Å². The van der Waals surface area contributed by atoms with Gasteiger partial charge in [0.15, 0.2) is 0 Å². The SMILES string of the molecule is CC.CCCC(C)C(COPI)OC. The van der Waals surface area contributed by atoms with Gasteiger partial charge in [0.05, 0.1) is 19.2 Å². The van der Waals surface area contributed by atoms with Crippen molar-refractivity contribution in [3.8, 4) is 0 Å². The van der Waals surface area contributed by atoms with E-state index in [1.54, 1.807) is 7.11 Å². The summed E-state index contributed by atoms with van der Waals surface area (Å²) in [6.07, 6.45) is 2.70. The van der Waals surface area contributed by atoms with Crippen molar-refractivity contribution in [3.63, 3.8) is 0 Å². The van der Waals surface area contributed by atoms with E-state index in [0.717, 1.165) is 6.61 Å². The number of hydrogen-bond donors (Lipinski definition) is 0. The lowest BCUT2D eigenvalue weighted by Crippen LogP contribution is -2.24. The molecule has 0 heterocycles. The number of ether oxygens (including phenoxy) is 1. The maximum Gasteiger partial charge on any atom is 0.0833 e. The summed E-state index contributed by atoms with van der Waals surface area (Å²) in [6, 6.07) is 0. The molecule has 0 aromatic rings. The second-order valence-corrected chi connectivity index (χ2v) is 4.69. The van der Waals surface area contributed by atoms with E-state index < -0.39 is 0 Å². The lowest BCUT2D eigenvalue weighted by molar-refractivity contribution is 0.0230. The third kappa shape index (κ3) is 9.63. The average Bonchev–Trinajstić information content (AvgIpc) is 2.22. The molecule has 0 bridgehead atoms. The fraction of sp³-hybridized carbons (Fsp3) is 1.00. The minimum atomic E-state index is 0.271. The van der Waals surface area contributed by atoms with Gasteiger partial charge in [-0.25, -0.2) is 0 Å². The highest BCUT2D eigenvalue weighted by molar-refractivity contribution is 14.2. The Bertz CT molecular complexity index is 104. The molecular formula is C10H24IO2P. The first-order valence-corrected chi connectivity index (χ1v) is 9.28. The van der Waals surface area contributed by atoms with Gasteiger partial charge in [-0.3, -0.25) is 0 Å². The minimum absolute atomic E-state index is 0.271. The first kappa shape index (κ1) is 17.5. The van der Waals surface area contributed by atoms with Gasteiger partial charge in [0.25, 0.3) is 0 Å². The van der Waals surface area contributed by atoms with Crippen LogP contribution < -0.4 is 0 Å². The molecule has 14 heavy (non-hydrogen) atoms. The minimum Gasteiger partial charge on any atom is -0.379 e. The zero-order valence-electron chi connectivity index (χ0n) is 9.97.